The summed E-state index contributed by atoms with van der Waals surface area (Å²) in [5, 5.41) is 13.0. The Morgan fingerprint density at radius 2 is 1.93 bits per heavy atom. The minimum absolute atomic E-state index is 0.227. The van der Waals surface area contributed by atoms with E-state index in [2.05, 4.69) is 27.0 Å². The van der Waals surface area contributed by atoms with E-state index in [0.29, 0.717) is 24.7 Å². The first-order chi connectivity index (χ1) is 14.1. The third kappa shape index (κ3) is 6.96. The number of aliphatic hydroxyl groups excluding tert-OH is 1. The largest absolute Gasteiger partial charge is 0.447 e. The SMILES string of the molecule is CCCC[C@H](O)CN1CCN(Cc2nc(C(=O)NCc3ccccc3)co2)CC1. The highest BCUT2D eigenvalue weighted by atomic mass is 16.3. The van der Waals surface area contributed by atoms with E-state index in [-0.39, 0.29) is 12.0 Å². The van der Waals surface area contributed by atoms with Crippen molar-refractivity contribution in [1.82, 2.24) is 20.1 Å². The van der Waals surface area contributed by atoms with Crippen LogP contribution in [0.15, 0.2) is 41.0 Å². The number of rotatable bonds is 10. The second kappa shape index (κ2) is 11.1. The fourth-order valence-corrected chi connectivity index (χ4v) is 3.51. The van der Waals surface area contributed by atoms with Crippen LogP contribution in [0.3, 0.4) is 0 Å². The molecular formula is C22H32N4O3. The molecule has 1 aromatic carbocycles. The smallest absolute Gasteiger partial charge is 0.273 e. The van der Waals surface area contributed by atoms with Crippen molar-refractivity contribution in [2.24, 2.45) is 0 Å². The number of hydrogen-bond donors (Lipinski definition) is 2. The lowest BCUT2D eigenvalue weighted by molar-refractivity contribution is 0.0627. The van der Waals surface area contributed by atoms with Gasteiger partial charge in [-0.1, -0.05) is 50.1 Å². The molecule has 1 aliphatic heterocycles. The minimum atomic E-state index is -0.231. The average Bonchev–Trinajstić information content (AvgIpc) is 3.21. The highest BCUT2D eigenvalue weighted by Gasteiger charge is 2.21. The summed E-state index contributed by atoms with van der Waals surface area (Å²) in [6.45, 7) is 7.61. The molecule has 0 spiro atoms. The van der Waals surface area contributed by atoms with Crippen molar-refractivity contribution >= 4 is 5.91 Å². The van der Waals surface area contributed by atoms with Gasteiger partial charge in [0.1, 0.15) is 6.26 Å². The number of unbranched alkanes of at least 4 members (excludes halogenated alkanes) is 1. The van der Waals surface area contributed by atoms with Crippen LogP contribution in [-0.2, 0) is 13.1 Å². The first-order valence-corrected chi connectivity index (χ1v) is 10.5. The van der Waals surface area contributed by atoms with E-state index in [4.69, 9.17) is 4.42 Å². The molecule has 158 valence electrons. The zero-order valence-electron chi connectivity index (χ0n) is 17.2. The zero-order chi connectivity index (χ0) is 20.5. The molecule has 0 aliphatic carbocycles. The fourth-order valence-electron chi connectivity index (χ4n) is 3.51. The number of nitrogens with zero attached hydrogens (tertiary/aromatic N) is 3. The number of amides is 1. The van der Waals surface area contributed by atoms with Crippen LogP contribution in [0.1, 0.15) is 48.1 Å². The van der Waals surface area contributed by atoms with E-state index in [1.807, 2.05) is 30.3 Å². The van der Waals surface area contributed by atoms with Gasteiger partial charge in [-0.25, -0.2) is 4.98 Å². The van der Waals surface area contributed by atoms with E-state index >= 15 is 0 Å². The molecular weight excluding hydrogens is 368 g/mol. The van der Waals surface area contributed by atoms with Crippen molar-refractivity contribution in [3.63, 3.8) is 0 Å². The van der Waals surface area contributed by atoms with Gasteiger partial charge in [-0.3, -0.25) is 14.6 Å². The second-order valence-electron chi connectivity index (χ2n) is 7.67. The number of aromatic nitrogens is 1. The Labute approximate surface area is 172 Å². The Hall–Kier alpha value is -2.22. The first kappa shape index (κ1) is 21.5. The second-order valence-corrected chi connectivity index (χ2v) is 7.67. The lowest BCUT2D eigenvalue weighted by Gasteiger charge is -2.35. The molecule has 2 aromatic rings. The molecule has 1 saturated heterocycles. The number of nitrogens with one attached hydrogen (secondary N) is 1. The normalized spacial score (nSPS) is 16.6. The monoisotopic (exact) mass is 400 g/mol. The van der Waals surface area contributed by atoms with Crippen molar-refractivity contribution in [2.45, 2.75) is 45.4 Å². The quantitative estimate of drug-likeness (QED) is 0.637. The van der Waals surface area contributed by atoms with Gasteiger partial charge >= 0.3 is 0 Å². The number of carbonyl (C=O) groups excluding carboxylic acids is 1. The van der Waals surface area contributed by atoms with Crippen molar-refractivity contribution in [2.75, 3.05) is 32.7 Å². The number of aliphatic hydroxyl groups is 1. The number of β-amino-alcohol motifs (C(OH)–C–C–N with tert-alkyl or cyclic N) is 1. The van der Waals surface area contributed by atoms with Gasteiger partial charge < -0.3 is 14.8 Å². The van der Waals surface area contributed by atoms with Crippen molar-refractivity contribution in [3.8, 4) is 0 Å². The molecule has 3 rings (SSSR count). The molecule has 0 radical (unpaired) electrons. The molecule has 0 bridgehead atoms. The van der Waals surface area contributed by atoms with Crippen molar-refractivity contribution < 1.29 is 14.3 Å². The Morgan fingerprint density at radius 3 is 2.66 bits per heavy atom. The maximum Gasteiger partial charge on any atom is 0.273 e. The van der Waals surface area contributed by atoms with Gasteiger partial charge in [0, 0.05) is 39.3 Å². The summed E-state index contributed by atoms with van der Waals surface area (Å²) in [5.41, 5.74) is 1.36. The number of oxazole rings is 1. The van der Waals surface area contributed by atoms with Crippen LogP contribution in [0.2, 0.25) is 0 Å². The van der Waals surface area contributed by atoms with E-state index in [1.54, 1.807) is 0 Å². The minimum Gasteiger partial charge on any atom is -0.447 e. The van der Waals surface area contributed by atoms with Gasteiger partial charge in [0.25, 0.3) is 5.91 Å². The summed E-state index contributed by atoms with van der Waals surface area (Å²) in [4.78, 5) is 21.2. The van der Waals surface area contributed by atoms with Gasteiger partial charge in [-0.15, -0.1) is 0 Å². The lowest BCUT2D eigenvalue weighted by Crippen LogP contribution is -2.48. The zero-order valence-corrected chi connectivity index (χ0v) is 17.2. The van der Waals surface area contributed by atoms with Crippen LogP contribution in [-0.4, -0.2) is 64.6 Å². The van der Waals surface area contributed by atoms with Crippen LogP contribution in [0.5, 0.6) is 0 Å². The molecule has 2 heterocycles. The van der Waals surface area contributed by atoms with Gasteiger partial charge in [0.05, 0.1) is 12.6 Å². The van der Waals surface area contributed by atoms with E-state index in [1.165, 1.54) is 6.26 Å². The Kier molecular flexibility index (Phi) is 8.22. The van der Waals surface area contributed by atoms with Crippen LogP contribution >= 0.6 is 0 Å². The lowest BCUT2D eigenvalue weighted by atomic mass is 10.1. The summed E-state index contributed by atoms with van der Waals surface area (Å²) in [6, 6.07) is 9.78. The molecule has 1 aromatic heterocycles. The molecule has 7 heteroatoms. The number of hydrogen-bond acceptors (Lipinski definition) is 6. The van der Waals surface area contributed by atoms with E-state index in [9.17, 15) is 9.90 Å². The summed E-state index contributed by atoms with van der Waals surface area (Å²) < 4.78 is 5.51. The molecule has 1 fully saturated rings. The summed E-state index contributed by atoms with van der Waals surface area (Å²) in [6.07, 6.45) is 4.27. The first-order valence-electron chi connectivity index (χ1n) is 10.5. The molecule has 7 nitrogen and oxygen atoms in total. The third-order valence-electron chi connectivity index (χ3n) is 5.26. The van der Waals surface area contributed by atoms with E-state index < -0.39 is 0 Å². The van der Waals surface area contributed by atoms with Crippen molar-refractivity contribution in [1.29, 1.82) is 0 Å². The summed E-state index contributed by atoms with van der Waals surface area (Å²) >= 11 is 0. The Morgan fingerprint density at radius 1 is 1.21 bits per heavy atom. The van der Waals surface area contributed by atoms with Crippen LogP contribution in [0.4, 0.5) is 0 Å². The highest BCUT2D eigenvalue weighted by molar-refractivity contribution is 5.91. The molecule has 0 unspecified atom stereocenters. The standard InChI is InChI=1S/C22H32N4O3/c1-2-3-9-19(27)15-25-10-12-26(13-11-25)16-21-24-20(17-29-21)22(28)23-14-18-7-5-4-6-8-18/h4-8,17,19,27H,2-3,9-16H2,1H3,(H,23,28)/t19-/m0/s1. The maximum atomic E-state index is 12.3. The van der Waals surface area contributed by atoms with Crippen molar-refractivity contribution in [3.05, 3.63) is 53.7 Å². The predicted molar refractivity (Wildman–Crippen MR) is 111 cm³/mol. The molecule has 1 amide bonds. The fraction of sp³-hybridized carbons (Fsp3) is 0.545. The third-order valence-corrected chi connectivity index (χ3v) is 5.26. The summed E-state index contributed by atoms with van der Waals surface area (Å²) in [5.74, 6) is 0.334. The Bertz CT molecular complexity index is 742. The average molecular weight is 401 g/mol. The molecule has 1 atom stereocenters. The molecule has 1 aliphatic rings. The van der Waals surface area contributed by atoms with Gasteiger partial charge in [0.2, 0.25) is 5.89 Å². The summed E-state index contributed by atoms with van der Waals surface area (Å²) in [7, 11) is 0. The topological polar surface area (TPSA) is 81.8 Å². The van der Waals surface area contributed by atoms with Crippen LogP contribution in [0, 0.1) is 0 Å². The maximum absolute atomic E-state index is 12.3. The van der Waals surface area contributed by atoms with Gasteiger partial charge in [-0.2, -0.15) is 0 Å². The number of benzene rings is 1. The van der Waals surface area contributed by atoms with Crippen LogP contribution in [0.25, 0.3) is 0 Å². The number of carbonyl (C=O) groups is 1. The van der Waals surface area contributed by atoms with E-state index in [0.717, 1.165) is 57.5 Å². The molecule has 0 saturated carbocycles. The molecule has 29 heavy (non-hydrogen) atoms. The molecule has 2 N–H and O–H groups in total. The van der Waals surface area contributed by atoms with Crippen LogP contribution < -0.4 is 5.32 Å². The predicted octanol–water partition coefficient (Wildman–Crippen LogP) is 2.27. The Balaban J connectivity index is 1.39. The number of piperazine rings is 1. The van der Waals surface area contributed by atoms with Gasteiger partial charge in [-0.05, 0) is 12.0 Å². The highest BCUT2D eigenvalue weighted by Crippen LogP contribution is 2.11. The van der Waals surface area contributed by atoms with Gasteiger partial charge in [0.15, 0.2) is 5.69 Å².